The first-order valence-corrected chi connectivity index (χ1v) is 7.17. The van der Waals surface area contributed by atoms with Crippen molar-refractivity contribution in [3.05, 3.63) is 22.7 Å². The van der Waals surface area contributed by atoms with Crippen molar-refractivity contribution in [3.8, 4) is 6.07 Å². The van der Waals surface area contributed by atoms with Crippen molar-refractivity contribution in [1.82, 2.24) is 9.55 Å². The third-order valence-electron chi connectivity index (χ3n) is 2.96. The van der Waals surface area contributed by atoms with Crippen LogP contribution in [0.4, 0.5) is 0 Å². The molecule has 2 heterocycles. The first-order chi connectivity index (χ1) is 9.65. The minimum Gasteiger partial charge on any atom is -0.394 e. The van der Waals surface area contributed by atoms with Gasteiger partial charge in [0.05, 0.1) is 18.8 Å². The number of aliphatic hydroxyl groups is 2. The molecule has 0 spiro atoms. The lowest BCUT2D eigenvalue weighted by atomic mass is 10.2. The number of nitrogens with zero attached hydrogens (tertiary/aromatic N) is 3. The lowest BCUT2D eigenvalue weighted by Crippen LogP contribution is -2.27. The number of hydrogen-bond donors (Lipinski definition) is 2. The van der Waals surface area contributed by atoms with Crippen molar-refractivity contribution >= 4 is 11.8 Å². The summed E-state index contributed by atoms with van der Waals surface area (Å²) in [6, 6.07) is 3.69. The molecule has 1 aliphatic heterocycles. The fourth-order valence-corrected chi connectivity index (χ4v) is 2.65. The Morgan fingerprint density at radius 3 is 3.05 bits per heavy atom. The summed E-state index contributed by atoms with van der Waals surface area (Å²) in [4.78, 5) is 15.8. The number of thioether (sulfide) groups is 1. The van der Waals surface area contributed by atoms with E-state index in [1.54, 1.807) is 12.3 Å². The van der Waals surface area contributed by atoms with Crippen molar-refractivity contribution in [3.63, 3.8) is 0 Å². The summed E-state index contributed by atoms with van der Waals surface area (Å²) in [6.07, 6.45) is 0.124. The highest BCUT2D eigenvalue weighted by Crippen LogP contribution is 2.27. The lowest BCUT2D eigenvalue weighted by molar-refractivity contribution is -0.0459. The summed E-state index contributed by atoms with van der Waals surface area (Å²) in [5.41, 5.74) is -0.470. The average molecular weight is 297 g/mol. The van der Waals surface area contributed by atoms with Crippen LogP contribution in [0.25, 0.3) is 0 Å². The first kappa shape index (κ1) is 15.0. The molecule has 1 saturated heterocycles. The maximum absolute atomic E-state index is 11.9. The topological polar surface area (TPSA) is 108 Å². The minimum atomic E-state index is -0.790. The van der Waals surface area contributed by atoms with E-state index >= 15 is 0 Å². The number of rotatable bonds is 5. The second-order valence-corrected chi connectivity index (χ2v) is 5.44. The maximum Gasteiger partial charge on any atom is 0.350 e. The van der Waals surface area contributed by atoms with Gasteiger partial charge in [0.15, 0.2) is 0 Å². The molecule has 0 aromatic carbocycles. The van der Waals surface area contributed by atoms with Crippen molar-refractivity contribution in [2.24, 2.45) is 0 Å². The zero-order valence-corrected chi connectivity index (χ0v) is 11.5. The van der Waals surface area contributed by atoms with E-state index in [1.165, 1.54) is 16.3 Å². The van der Waals surface area contributed by atoms with E-state index in [2.05, 4.69) is 4.98 Å². The predicted molar refractivity (Wildman–Crippen MR) is 71.1 cm³/mol. The molecule has 3 unspecified atom stereocenters. The molecule has 108 valence electrons. The fraction of sp³-hybridized carbons (Fsp3) is 0.583. The fourth-order valence-electron chi connectivity index (χ4n) is 1.95. The normalized spacial score (nSPS) is 25.6. The van der Waals surface area contributed by atoms with E-state index < -0.39 is 24.1 Å². The highest BCUT2D eigenvalue weighted by atomic mass is 32.2. The van der Waals surface area contributed by atoms with Crippen molar-refractivity contribution < 1.29 is 14.9 Å². The summed E-state index contributed by atoms with van der Waals surface area (Å²) in [7, 11) is 0. The van der Waals surface area contributed by atoms with Crippen LogP contribution in [-0.2, 0) is 4.74 Å². The molecular weight excluding hydrogens is 282 g/mol. The van der Waals surface area contributed by atoms with E-state index in [9.17, 15) is 9.90 Å². The summed E-state index contributed by atoms with van der Waals surface area (Å²) in [5, 5.41) is 27.7. The Balaban J connectivity index is 2.07. The Hall–Kier alpha value is -1.40. The van der Waals surface area contributed by atoms with Gasteiger partial charge in [0, 0.05) is 24.8 Å². The second-order valence-electron chi connectivity index (χ2n) is 4.33. The number of ether oxygens (including phenoxy) is 1. The molecule has 8 heteroatoms. The van der Waals surface area contributed by atoms with Gasteiger partial charge in [0.1, 0.15) is 17.4 Å². The number of aromatic nitrogens is 2. The molecule has 0 amide bonds. The molecule has 2 N–H and O–H groups in total. The summed E-state index contributed by atoms with van der Waals surface area (Å²) in [6.45, 7) is -0.290. The Kier molecular flexibility index (Phi) is 5.14. The zero-order valence-electron chi connectivity index (χ0n) is 10.7. The van der Waals surface area contributed by atoms with Gasteiger partial charge in [0.25, 0.3) is 0 Å². The number of hydrogen-bond acceptors (Lipinski definition) is 7. The van der Waals surface area contributed by atoms with Crippen LogP contribution in [0.3, 0.4) is 0 Å². The Morgan fingerprint density at radius 2 is 2.45 bits per heavy atom. The first-order valence-electron chi connectivity index (χ1n) is 6.19. The van der Waals surface area contributed by atoms with Crippen molar-refractivity contribution in [2.75, 3.05) is 12.4 Å². The van der Waals surface area contributed by atoms with Crippen LogP contribution >= 0.6 is 11.8 Å². The SMILES string of the molecule is N#CCCSc1ccn(C2CC(O)C(CO)O2)c(=O)n1. The van der Waals surface area contributed by atoms with Crippen molar-refractivity contribution in [1.29, 1.82) is 5.26 Å². The molecule has 0 saturated carbocycles. The molecule has 1 aromatic rings. The summed E-state index contributed by atoms with van der Waals surface area (Å²) >= 11 is 1.34. The standard InChI is InChI=1S/C12H15N3O4S/c13-3-1-5-20-10-2-4-15(12(18)14-10)11-6-8(17)9(7-16)19-11/h2,4,8-9,11,16-17H,1,5-7H2. The molecule has 1 fully saturated rings. The predicted octanol–water partition coefficient (Wildman–Crippen LogP) is -0.110. The van der Waals surface area contributed by atoms with Gasteiger partial charge in [-0.25, -0.2) is 4.79 Å². The smallest absolute Gasteiger partial charge is 0.350 e. The summed E-state index contributed by atoms with van der Waals surface area (Å²) < 4.78 is 6.70. The van der Waals surface area contributed by atoms with Gasteiger partial charge in [-0.2, -0.15) is 10.2 Å². The molecule has 7 nitrogen and oxygen atoms in total. The molecule has 3 atom stereocenters. The number of aliphatic hydroxyl groups excluding tert-OH is 2. The molecule has 20 heavy (non-hydrogen) atoms. The molecule has 1 aromatic heterocycles. The minimum absolute atomic E-state index is 0.244. The van der Waals surface area contributed by atoms with Gasteiger partial charge >= 0.3 is 5.69 Å². The van der Waals surface area contributed by atoms with Gasteiger partial charge in [0.2, 0.25) is 0 Å². The monoisotopic (exact) mass is 297 g/mol. The van der Waals surface area contributed by atoms with Crippen LogP contribution < -0.4 is 5.69 Å². The van der Waals surface area contributed by atoms with E-state index in [0.717, 1.165) is 0 Å². The van der Waals surface area contributed by atoms with E-state index in [0.29, 0.717) is 17.2 Å². The highest BCUT2D eigenvalue weighted by molar-refractivity contribution is 7.99. The van der Waals surface area contributed by atoms with E-state index in [1.807, 2.05) is 6.07 Å². The third kappa shape index (κ3) is 3.37. The second kappa shape index (κ2) is 6.85. The van der Waals surface area contributed by atoms with Crippen LogP contribution in [0.5, 0.6) is 0 Å². The van der Waals surface area contributed by atoms with Crippen molar-refractivity contribution in [2.45, 2.75) is 36.3 Å². The van der Waals surface area contributed by atoms with Gasteiger partial charge in [-0.05, 0) is 6.07 Å². The van der Waals surface area contributed by atoms with E-state index in [4.69, 9.17) is 15.1 Å². The Labute approximate surface area is 119 Å². The van der Waals surface area contributed by atoms with Gasteiger partial charge < -0.3 is 14.9 Å². The third-order valence-corrected chi connectivity index (χ3v) is 3.89. The molecule has 0 radical (unpaired) electrons. The van der Waals surface area contributed by atoms with Crippen LogP contribution in [-0.4, -0.2) is 44.3 Å². The average Bonchev–Trinajstić information content (AvgIpc) is 2.80. The molecule has 2 rings (SSSR count). The Morgan fingerprint density at radius 1 is 1.65 bits per heavy atom. The van der Waals surface area contributed by atoms with Gasteiger partial charge in [-0.1, -0.05) is 0 Å². The lowest BCUT2D eigenvalue weighted by Gasteiger charge is -2.14. The van der Waals surface area contributed by atoms with Gasteiger partial charge in [-0.15, -0.1) is 11.8 Å². The molecule has 0 bridgehead atoms. The van der Waals surface area contributed by atoms with Gasteiger partial charge in [-0.3, -0.25) is 4.57 Å². The maximum atomic E-state index is 11.9. The van der Waals surface area contributed by atoms with Crippen LogP contribution in [0.2, 0.25) is 0 Å². The highest BCUT2D eigenvalue weighted by Gasteiger charge is 2.34. The Bertz CT molecular complexity index is 556. The van der Waals surface area contributed by atoms with Crippen LogP contribution in [0.15, 0.2) is 22.1 Å². The van der Waals surface area contributed by atoms with E-state index in [-0.39, 0.29) is 13.0 Å². The van der Waals surface area contributed by atoms with Crippen LogP contribution in [0.1, 0.15) is 19.1 Å². The largest absolute Gasteiger partial charge is 0.394 e. The summed E-state index contributed by atoms with van der Waals surface area (Å²) in [5.74, 6) is 0.582. The number of nitriles is 1. The molecule has 0 aliphatic carbocycles. The van der Waals surface area contributed by atoms with Crippen LogP contribution in [0, 0.1) is 11.3 Å². The molecular formula is C12H15N3O4S. The quantitative estimate of drug-likeness (QED) is 0.443. The zero-order chi connectivity index (χ0) is 14.5. The molecule has 1 aliphatic rings.